The predicted molar refractivity (Wildman–Crippen MR) is 61.9 cm³/mol. The summed E-state index contributed by atoms with van der Waals surface area (Å²) in [5.41, 5.74) is 2.20. The Hall–Kier alpha value is -2.03. The molecule has 1 radical (unpaired) electrons. The Balaban J connectivity index is 2.34. The van der Waals surface area contributed by atoms with Gasteiger partial charge in [-0.2, -0.15) is 10.2 Å². The quantitative estimate of drug-likeness (QED) is 0.765. The molecular weight excluding hydrogens is 203 g/mol. The van der Waals surface area contributed by atoms with Crippen molar-refractivity contribution in [1.29, 1.82) is 0 Å². The lowest BCUT2D eigenvalue weighted by Crippen LogP contribution is -1.86. The van der Waals surface area contributed by atoms with E-state index in [1.54, 1.807) is 18.3 Å². The van der Waals surface area contributed by atoms with E-state index in [0.717, 1.165) is 11.3 Å². The topological polar surface area (TPSA) is 25.8 Å². The summed E-state index contributed by atoms with van der Waals surface area (Å²) in [6.07, 6.45) is 2.81. The van der Waals surface area contributed by atoms with Gasteiger partial charge in [-0.15, -0.1) is 0 Å². The van der Waals surface area contributed by atoms with Crippen molar-refractivity contribution < 1.29 is 4.39 Å². The van der Waals surface area contributed by atoms with E-state index in [4.69, 9.17) is 0 Å². The maximum Gasteiger partial charge on any atom is 0.126 e. The highest BCUT2D eigenvalue weighted by Crippen LogP contribution is 2.20. The molecule has 16 heavy (non-hydrogen) atoms. The zero-order valence-electron chi connectivity index (χ0n) is 8.60. The Kier molecular flexibility index (Phi) is 3.05. The smallest absolute Gasteiger partial charge is 0.126 e. The van der Waals surface area contributed by atoms with Gasteiger partial charge in [0.15, 0.2) is 0 Å². The zero-order valence-corrected chi connectivity index (χ0v) is 8.60. The molecule has 2 nitrogen and oxygen atoms in total. The minimum absolute atomic E-state index is 0.328. The van der Waals surface area contributed by atoms with Crippen LogP contribution >= 0.6 is 0 Å². The molecule has 2 aromatic rings. The SMILES string of the molecule is [CH2]/C=C(/F)c1ccc(-c2cccnn2)cc1. The molecular formula is C13H10FN2. The zero-order chi connectivity index (χ0) is 11.4. The molecule has 79 valence electrons. The highest BCUT2D eigenvalue weighted by atomic mass is 19.1. The number of aromatic nitrogens is 2. The summed E-state index contributed by atoms with van der Waals surface area (Å²) in [5.74, 6) is -0.328. The molecule has 3 heteroatoms. The van der Waals surface area contributed by atoms with E-state index in [-0.39, 0.29) is 5.83 Å². The number of rotatable bonds is 2. The molecule has 0 saturated carbocycles. The Bertz CT molecular complexity index is 489. The molecule has 0 aliphatic carbocycles. The van der Waals surface area contributed by atoms with E-state index >= 15 is 0 Å². The van der Waals surface area contributed by atoms with Crippen molar-refractivity contribution >= 4 is 5.83 Å². The van der Waals surface area contributed by atoms with Gasteiger partial charge in [0.2, 0.25) is 0 Å². The van der Waals surface area contributed by atoms with Gasteiger partial charge in [-0.3, -0.25) is 0 Å². The summed E-state index contributed by atoms with van der Waals surface area (Å²) in [6.45, 7) is 3.38. The Morgan fingerprint density at radius 1 is 1.19 bits per heavy atom. The second-order valence-electron chi connectivity index (χ2n) is 3.24. The molecule has 0 aliphatic heterocycles. The lowest BCUT2D eigenvalue weighted by molar-refractivity contribution is 0.760. The molecule has 0 atom stereocenters. The Labute approximate surface area is 93.5 Å². The first-order valence-corrected chi connectivity index (χ1v) is 4.84. The molecule has 0 N–H and O–H groups in total. The van der Waals surface area contributed by atoms with Gasteiger partial charge in [-0.05, 0) is 25.1 Å². The van der Waals surface area contributed by atoms with Gasteiger partial charge in [0.25, 0.3) is 0 Å². The summed E-state index contributed by atoms with van der Waals surface area (Å²) in [7, 11) is 0. The molecule has 1 heterocycles. The lowest BCUT2D eigenvalue weighted by Gasteiger charge is -2.01. The molecule has 0 aliphatic rings. The standard InChI is InChI=1S/C13H10FN2/c1-2-12(14)10-5-7-11(8-6-10)13-4-3-9-15-16-13/h2-9H,1H2/b12-2+. The number of hydrogen-bond acceptors (Lipinski definition) is 2. The van der Waals surface area contributed by atoms with Crippen LogP contribution < -0.4 is 0 Å². The third-order valence-corrected chi connectivity index (χ3v) is 2.21. The van der Waals surface area contributed by atoms with Crippen molar-refractivity contribution in [3.63, 3.8) is 0 Å². The normalized spacial score (nSPS) is 11.5. The monoisotopic (exact) mass is 213 g/mol. The van der Waals surface area contributed by atoms with Crippen LogP contribution in [0.1, 0.15) is 5.56 Å². The third-order valence-electron chi connectivity index (χ3n) is 2.21. The van der Waals surface area contributed by atoms with Crippen LogP contribution in [-0.4, -0.2) is 10.2 Å². The molecule has 0 unspecified atom stereocenters. The summed E-state index contributed by atoms with van der Waals surface area (Å²) < 4.78 is 13.2. The van der Waals surface area contributed by atoms with Gasteiger partial charge in [0.1, 0.15) is 5.83 Å². The van der Waals surface area contributed by atoms with Crippen molar-refractivity contribution in [2.24, 2.45) is 0 Å². The molecule has 1 aromatic carbocycles. The van der Waals surface area contributed by atoms with Gasteiger partial charge >= 0.3 is 0 Å². The molecule has 1 aromatic heterocycles. The van der Waals surface area contributed by atoms with Crippen molar-refractivity contribution in [2.75, 3.05) is 0 Å². The van der Waals surface area contributed by atoms with Crippen LogP contribution in [0.5, 0.6) is 0 Å². The minimum Gasteiger partial charge on any atom is -0.207 e. The van der Waals surface area contributed by atoms with Crippen molar-refractivity contribution in [3.8, 4) is 11.3 Å². The van der Waals surface area contributed by atoms with Crippen LogP contribution in [0.15, 0.2) is 48.7 Å². The molecule has 0 amide bonds. The van der Waals surface area contributed by atoms with Crippen LogP contribution in [0.25, 0.3) is 17.1 Å². The fourth-order valence-corrected chi connectivity index (χ4v) is 1.37. The molecule has 0 saturated heterocycles. The van der Waals surface area contributed by atoms with Crippen LogP contribution in [0.4, 0.5) is 4.39 Å². The Morgan fingerprint density at radius 2 is 1.94 bits per heavy atom. The van der Waals surface area contributed by atoms with Crippen LogP contribution in [0.2, 0.25) is 0 Å². The predicted octanol–water partition coefficient (Wildman–Crippen LogP) is 3.29. The van der Waals surface area contributed by atoms with E-state index < -0.39 is 0 Å². The number of nitrogens with zero attached hydrogens (tertiary/aromatic N) is 2. The number of allylic oxidation sites excluding steroid dienone is 1. The fourth-order valence-electron chi connectivity index (χ4n) is 1.37. The maximum absolute atomic E-state index is 13.2. The van der Waals surface area contributed by atoms with E-state index in [2.05, 4.69) is 17.1 Å². The fraction of sp³-hybridized carbons (Fsp3) is 0. The van der Waals surface area contributed by atoms with Crippen LogP contribution in [-0.2, 0) is 0 Å². The molecule has 2 rings (SSSR count). The van der Waals surface area contributed by atoms with E-state index in [9.17, 15) is 4.39 Å². The number of halogens is 1. The second-order valence-corrected chi connectivity index (χ2v) is 3.24. The average molecular weight is 213 g/mol. The van der Waals surface area contributed by atoms with Gasteiger partial charge in [0, 0.05) is 17.3 Å². The van der Waals surface area contributed by atoms with E-state index in [1.807, 2.05) is 24.3 Å². The number of hydrogen-bond donors (Lipinski definition) is 0. The summed E-state index contributed by atoms with van der Waals surface area (Å²) in [4.78, 5) is 0. The minimum atomic E-state index is -0.328. The maximum atomic E-state index is 13.2. The first-order chi connectivity index (χ1) is 7.81. The van der Waals surface area contributed by atoms with Crippen molar-refractivity contribution in [1.82, 2.24) is 10.2 Å². The molecule has 0 bridgehead atoms. The van der Waals surface area contributed by atoms with Crippen LogP contribution in [0.3, 0.4) is 0 Å². The van der Waals surface area contributed by atoms with Crippen molar-refractivity contribution in [3.05, 3.63) is 61.2 Å². The van der Waals surface area contributed by atoms with Gasteiger partial charge in [-0.25, -0.2) is 4.39 Å². The molecule has 0 fully saturated rings. The third kappa shape index (κ3) is 2.14. The van der Waals surface area contributed by atoms with Gasteiger partial charge in [0.05, 0.1) is 5.69 Å². The first kappa shape index (κ1) is 10.5. The second kappa shape index (κ2) is 4.66. The summed E-state index contributed by atoms with van der Waals surface area (Å²) in [5, 5.41) is 7.76. The number of benzene rings is 1. The highest BCUT2D eigenvalue weighted by Gasteiger charge is 2.01. The summed E-state index contributed by atoms with van der Waals surface area (Å²) in [6, 6.07) is 10.7. The first-order valence-electron chi connectivity index (χ1n) is 4.84. The van der Waals surface area contributed by atoms with Crippen molar-refractivity contribution in [2.45, 2.75) is 0 Å². The largest absolute Gasteiger partial charge is 0.207 e. The van der Waals surface area contributed by atoms with Gasteiger partial charge < -0.3 is 0 Å². The Morgan fingerprint density at radius 3 is 2.50 bits per heavy atom. The van der Waals surface area contributed by atoms with Crippen LogP contribution in [0, 0.1) is 6.92 Å². The summed E-state index contributed by atoms with van der Waals surface area (Å²) >= 11 is 0. The lowest BCUT2D eigenvalue weighted by atomic mass is 10.1. The van der Waals surface area contributed by atoms with E-state index in [1.165, 1.54) is 6.08 Å². The highest BCUT2D eigenvalue weighted by molar-refractivity contribution is 5.65. The average Bonchev–Trinajstić information content (AvgIpc) is 2.39. The molecule has 0 spiro atoms. The van der Waals surface area contributed by atoms with E-state index in [0.29, 0.717) is 5.56 Å². The van der Waals surface area contributed by atoms with Gasteiger partial charge in [-0.1, -0.05) is 24.3 Å².